The Morgan fingerprint density at radius 3 is 2.40 bits per heavy atom. The highest BCUT2D eigenvalue weighted by Crippen LogP contribution is 2.36. The van der Waals surface area contributed by atoms with E-state index in [9.17, 15) is 0 Å². The van der Waals surface area contributed by atoms with Gasteiger partial charge in [0.15, 0.2) is 5.82 Å². The second-order valence-corrected chi connectivity index (χ2v) is 7.65. The molecular formula is C19H22BN3O2. The molecule has 128 valence electrons. The summed E-state index contributed by atoms with van der Waals surface area (Å²) in [4.78, 5) is 4.44. The SMILES string of the molecule is Cc1ccnc(-n2ncc3ccc(B4OC(C)(C)C(C)(C)O4)cc32)c1. The van der Waals surface area contributed by atoms with Crippen molar-refractivity contribution in [1.82, 2.24) is 14.8 Å². The Morgan fingerprint density at radius 1 is 1.00 bits per heavy atom. The van der Waals surface area contributed by atoms with Gasteiger partial charge in [-0.05, 0) is 63.8 Å². The fourth-order valence-corrected chi connectivity index (χ4v) is 2.98. The van der Waals surface area contributed by atoms with Crippen molar-refractivity contribution in [3.8, 4) is 5.82 Å². The minimum absolute atomic E-state index is 0.356. The first kappa shape index (κ1) is 16.3. The van der Waals surface area contributed by atoms with Crippen LogP contribution in [0, 0.1) is 6.92 Å². The highest BCUT2D eigenvalue weighted by molar-refractivity contribution is 6.62. The molecule has 0 bridgehead atoms. The van der Waals surface area contributed by atoms with Crippen molar-refractivity contribution < 1.29 is 9.31 Å². The topological polar surface area (TPSA) is 49.2 Å². The van der Waals surface area contributed by atoms with E-state index in [0.29, 0.717) is 0 Å². The van der Waals surface area contributed by atoms with E-state index in [0.717, 1.165) is 27.7 Å². The van der Waals surface area contributed by atoms with Crippen LogP contribution in [0.1, 0.15) is 33.3 Å². The fourth-order valence-electron chi connectivity index (χ4n) is 2.98. The zero-order valence-electron chi connectivity index (χ0n) is 15.3. The maximum absolute atomic E-state index is 6.17. The second kappa shape index (κ2) is 5.41. The van der Waals surface area contributed by atoms with Gasteiger partial charge in [-0.2, -0.15) is 5.10 Å². The standard InChI is InChI=1S/C19H22BN3O2/c1-13-8-9-21-17(10-13)23-16-11-15(7-6-14(16)12-22-23)20-24-18(2,3)19(4,5)25-20/h6-12H,1-5H3. The predicted molar refractivity (Wildman–Crippen MR) is 99.3 cm³/mol. The van der Waals surface area contributed by atoms with Crippen LogP contribution >= 0.6 is 0 Å². The molecule has 2 aromatic heterocycles. The maximum Gasteiger partial charge on any atom is 0.494 e. The molecule has 0 N–H and O–H groups in total. The molecule has 1 fully saturated rings. The van der Waals surface area contributed by atoms with Crippen molar-refractivity contribution >= 4 is 23.5 Å². The lowest BCUT2D eigenvalue weighted by molar-refractivity contribution is 0.00578. The molecule has 0 spiro atoms. The Labute approximate surface area is 148 Å². The van der Waals surface area contributed by atoms with E-state index >= 15 is 0 Å². The van der Waals surface area contributed by atoms with Crippen LogP contribution in [0.2, 0.25) is 0 Å². The van der Waals surface area contributed by atoms with Crippen molar-refractivity contribution in [3.63, 3.8) is 0 Å². The van der Waals surface area contributed by atoms with E-state index in [-0.39, 0.29) is 18.3 Å². The smallest absolute Gasteiger partial charge is 0.399 e. The summed E-state index contributed by atoms with van der Waals surface area (Å²) in [6.07, 6.45) is 3.66. The van der Waals surface area contributed by atoms with Crippen molar-refractivity contribution in [2.45, 2.75) is 45.8 Å². The molecule has 0 unspecified atom stereocenters. The van der Waals surface area contributed by atoms with Gasteiger partial charge >= 0.3 is 7.12 Å². The molecule has 0 atom stereocenters. The highest BCUT2D eigenvalue weighted by atomic mass is 16.7. The molecule has 0 amide bonds. The normalized spacial score (nSPS) is 18.8. The number of pyridine rings is 1. The Kier molecular flexibility index (Phi) is 3.53. The fraction of sp³-hybridized carbons (Fsp3) is 0.368. The van der Waals surface area contributed by atoms with Gasteiger partial charge in [-0.3, -0.25) is 0 Å². The Balaban J connectivity index is 1.77. The number of aromatic nitrogens is 3. The van der Waals surface area contributed by atoms with Crippen molar-refractivity contribution in [2.24, 2.45) is 0 Å². The van der Waals surface area contributed by atoms with Gasteiger partial charge in [-0.25, -0.2) is 9.67 Å². The molecule has 25 heavy (non-hydrogen) atoms. The van der Waals surface area contributed by atoms with Gasteiger partial charge in [0.25, 0.3) is 0 Å². The Bertz CT molecular complexity index is 933. The lowest BCUT2D eigenvalue weighted by Crippen LogP contribution is -2.41. The van der Waals surface area contributed by atoms with Gasteiger partial charge in [0.05, 0.1) is 22.9 Å². The number of rotatable bonds is 2. The third-order valence-corrected chi connectivity index (χ3v) is 5.24. The third-order valence-electron chi connectivity index (χ3n) is 5.24. The zero-order valence-corrected chi connectivity index (χ0v) is 15.3. The van der Waals surface area contributed by atoms with Crippen molar-refractivity contribution in [2.75, 3.05) is 0 Å². The van der Waals surface area contributed by atoms with Crippen LogP contribution in [-0.2, 0) is 9.31 Å². The molecule has 3 heterocycles. The van der Waals surface area contributed by atoms with Crippen molar-refractivity contribution in [1.29, 1.82) is 0 Å². The van der Waals surface area contributed by atoms with Crippen molar-refractivity contribution in [3.05, 3.63) is 48.3 Å². The van der Waals surface area contributed by atoms with Gasteiger partial charge in [-0.15, -0.1) is 0 Å². The van der Waals surface area contributed by atoms with Crippen LogP contribution in [0.5, 0.6) is 0 Å². The van der Waals surface area contributed by atoms with E-state index in [2.05, 4.69) is 49.9 Å². The molecular weight excluding hydrogens is 313 g/mol. The van der Waals surface area contributed by atoms with Crippen LogP contribution in [0.3, 0.4) is 0 Å². The Morgan fingerprint density at radius 2 is 1.72 bits per heavy atom. The summed E-state index contributed by atoms with van der Waals surface area (Å²) in [6, 6.07) is 10.2. The number of hydrogen-bond acceptors (Lipinski definition) is 4. The van der Waals surface area contributed by atoms with E-state index < -0.39 is 0 Å². The number of fused-ring (bicyclic) bond motifs is 1. The third kappa shape index (κ3) is 2.66. The van der Waals surface area contributed by atoms with Gasteiger partial charge in [-0.1, -0.05) is 12.1 Å². The molecule has 1 aromatic carbocycles. The zero-order chi connectivity index (χ0) is 17.8. The quantitative estimate of drug-likeness (QED) is 0.676. The van der Waals surface area contributed by atoms with Crippen LogP contribution in [0.4, 0.5) is 0 Å². The van der Waals surface area contributed by atoms with Gasteiger partial charge < -0.3 is 9.31 Å². The molecule has 1 saturated heterocycles. The minimum atomic E-state index is -0.386. The molecule has 4 rings (SSSR count). The van der Waals surface area contributed by atoms with E-state index in [1.807, 2.05) is 36.0 Å². The summed E-state index contributed by atoms with van der Waals surface area (Å²) in [5.74, 6) is 0.807. The van der Waals surface area contributed by atoms with Gasteiger partial charge in [0.2, 0.25) is 0 Å². The van der Waals surface area contributed by atoms with Crippen LogP contribution in [0.15, 0.2) is 42.7 Å². The molecule has 1 aliphatic rings. The monoisotopic (exact) mass is 335 g/mol. The first-order valence-electron chi connectivity index (χ1n) is 8.53. The highest BCUT2D eigenvalue weighted by Gasteiger charge is 2.51. The molecule has 3 aromatic rings. The predicted octanol–water partition coefficient (Wildman–Crippen LogP) is 3.03. The van der Waals surface area contributed by atoms with Crippen LogP contribution in [-0.4, -0.2) is 33.1 Å². The summed E-state index contributed by atoms with van der Waals surface area (Å²) < 4.78 is 14.2. The minimum Gasteiger partial charge on any atom is -0.399 e. The molecule has 0 saturated carbocycles. The number of hydrogen-bond donors (Lipinski definition) is 0. The first-order valence-corrected chi connectivity index (χ1v) is 8.53. The summed E-state index contributed by atoms with van der Waals surface area (Å²) >= 11 is 0. The summed E-state index contributed by atoms with van der Waals surface area (Å²) in [6.45, 7) is 10.3. The second-order valence-electron chi connectivity index (χ2n) is 7.65. The largest absolute Gasteiger partial charge is 0.494 e. The molecule has 1 aliphatic heterocycles. The number of benzene rings is 1. The van der Waals surface area contributed by atoms with Gasteiger partial charge in [0.1, 0.15) is 0 Å². The van der Waals surface area contributed by atoms with E-state index in [4.69, 9.17) is 9.31 Å². The molecule has 0 radical (unpaired) electrons. The molecule has 5 nitrogen and oxygen atoms in total. The average molecular weight is 335 g/mol. The molecule has 0 aliphatic carbocycles. The lowest BCUT2D eigenvalue weighted by atomic mass is 9.79. The number of aryl methyl sites for hydroxylation is 1. The lowest BCUT2D eigenvalue weighted by Gasteiger charge is -2.32. The van der Waals surface area contributed by atoms with Crippen LogP contribution in [0.25, 0.3) is 16.7 Å². The maximum atomic E-state index is 6.17. The number of nitrogens with zero attached hydrogens (tertiary/aromatic N) is 3. The van der Waals surface area contributed by atoms with Crippen LogP contribution < -0.4 is 5.46 Å². The van der Waals surface area contributed by atoms with Gasteiger partial charge in [0, 0.05) is 11.6 Å². The summed E-state index contributed by atoms with van der Waals surface area (Å²) in [5, 5.41) is 5.56. The first-order chi connectivity index (χ1) is 11.8. The average Bonchev–Trinajstić information content (AvgIpc) is 3.05. The van der Waals surface area contributed by atoms with E-state index in [1.54, 1.807) is 6.20 Å². The summed E-state index contributed by atoms with van der Waals surface area (Å²) in [5.41, 5.74) is 2.41. The van der Waals surface area contributed by atoms with E-state index in [1.165, 1.54) is 0 Å². The summed E-state index contributed by atoms with van der Waals surface area (Å²) in [7, 11) is -0.386. The molecule has 6 heteroatoms. The Hall–Kier alpha value is -2.18.